The summed E-state index contributed by atoms with van der Waals surface area (Å²) < 4.78 is 17.2. The smallest absolute Gasteiger partial charge is 0.273 e. The van der Waals surface area contributed by atoms with Crippen molar-refractivity contribution in [2.24, 2.45) is 0 Å². The predicted molar refractivity (Wildman–Crippen MR) is 164 cm³/mol. The Morgan fingerprint density at radius 3 is 2.17 bits per heavy atom. The van der Waals surface area contributed by atoms with Crippen molar-refractivity contribution in [3.63, 3.8) is 0 Å². The minimum atomic E-state index is -0.391. The molecule has 0 N–H and O–H groups in total. The van der Waals surface area contributed by atoms with Crippen LogP contribution in [-0.2, 0) is 6.61 Å². The lowest BCUT2D eigenvalue weighted by atomic mass is 10.1. The van der Waals surface area contributed by atoms with Gasteiger partial charge in [0, 0.05) is 49.6 Å². The highest BCUT2D eigenvalue weighted by Crippen LogP contribution is 2.42. The maximum atomic E-state index is 11.5. The minimum Gasteiger partial charge on any atom is -0.493 e. The van der Waals surface area contributed by atoms with Crippen LogP contribution in [0.15, 0.2) is 60.7 Å². The van der Waals surface area contributed by atoms with Crippen LogP contribution in [0.3, 0.4) is 0 Å². The molecule has 1 aliphatic carbocycles. The monoisotopic (exact) mass is 571 g/mol. The molecule has 2 heterocycles. The fourth-order valence-electron chi connectivity index (χ4n) is 5.11. The van der Waals surface area contributed by atoms with E-state index in [0.717, 1.165) is 59.7 Å². The number of methoxy groups -OCH3 is 2. The molecular weight excluding hydrogens is 534 g/mol. The number of rotatable bonds is 9. The van der Waals surface area contributed by atoms with Gasteiger partial charge in [-0.2, -0.15) is 0 Å². The Bertz CT molecular complexity index is 1540. The number of fused-ring (bicyclic) bond motifs is 1. The third-order valence-electron chi connectivity index (χ3n) is 7.45. The molecule has 1 aliphatic heterocycles. The van der Waals surface area contributed by atoms with Gasteiger partial charge in [0.2, 0.25) is 0 Å². The molecule has 4 aromatic rings. The number of ether oxygens (including phenoxy) is 3. The highest BCUT2D eigenvalue weighted by molar-refractivity contribution is 5.92. The quantitative estimate of drug-likeness (QED) is 0.168. The number of nitro benzene ring substituents is 1. The average Bonchev–Trinajstić information content (AvgIpc) is 3.90. The Morgan fingerprint density at radius 2 is 1.52 bits per heavy atom. The predicted octanol–water partition coefficient (Wildman–Crippen LogP) is 6.36. The van der Waals surface area contributed by atoms with Gasteiger partial charge < -0.3 is 24.0 Å². The van der Waals surface area contributed by atoms with E-state index in [1.165, 1.54) is 12.1 Å². The molecule has 1 saturated carbocycles. The molecular formula is C32H37N5O5. The lowest BCUT2D eigenvalue weighted by Gasteiger charge is -2.37. The van der Waals surface area contributed by atoms with Crippen LogP contribution < -0.4 is 24.0 Å². The van der Waals surface area contributed by atoms with Gasteiger partial charge in [0.15, 0.2) is 11.5 Å². The second kappa shape index (κ2) is 12.9. The zero-order valence-corrected chi connectivity index (χ0v) is 24.6. The minimum absolute atomic E-state index is 0.00915. The number of benzene rings is 3. The van der Waals surface area contributed by atoms with Gasteiger partial charge in [-0.1, -0.05) is 44.2 Å². The SMILES string of the molecule is CC.COc1cc2nc(C3CC3)nc(N3CCN(c4ccc([N+](=O)[O-])cc4OCc4ccccc4)CC3)c2cc1OC. The summed E-state index contributed by atoms with van der Waals surface area (Å²) in [6, 6.07) is 18.5. The van der Waals surface area contributed by atoms with Gasteiger partial charge in [-0.05, 0) is 30.5 Å². The first-order valence-corrected chi connectivity index (χ1v) is 14.4. The van der Waals surface area contributed by atoms with E-state index in [2.05, 4.69) is 9.80 Å². The van der Waals surface area contributed by atoms with Crippen LogP contribution in [0, 0.1) is 10.1 Å². The summed E-state index contributed by atoms with van der Waals surface area (Å²) in [4.78, 5) is 25.5. The largest absolute Gasteiger partial charge is 0.493 e. The van der Waals surface area contributed by atoms with Crippen LogP contribution in [-0.4, -0.2) is 55.3 Å². The molecule has 0 spiro atoms. The zero-order valence-electron chi connectivity index (χ0n) is 24.6. The molecule has 1 aromatic heterocycles. The van der Waals surface area contributed by atoms with Crippen LogP contribution in [0.2, 0.25) is 0 Å². The first kappa shape index (κ1) is 28.9. The molecule has 10 heteroatoms. The number of nitro groups is 1. The molecule has 42 heavy (non-hydrogen) atoms. The number of non-ortho nitro benzene ring substituents is 1. The van der Waals surface area contributed by atoms with Gasteiger partial charge in [0.1, 0.15) is 24.0 Å². The van der Waals surface area contributed by atoms with E-state index in [1.807, 2.05) is 56.3 Å². The van der Waals surface area contributed by atoms with Gasteiger partial charge in [-0.15, -0.1) is 0 Å². The molecule has 0 bridgehead atoms. The molecule has 0 radical (unpaired) electrons. The van der Waals surface area contributed by atoms with Gasteiger partial charge in [-0.25, -0.2) is 9.97 Å². The zero-order chi connectivity index (χ0) is 29.6. The molecule has 10 nitrogen and oxygen atoms in total. The molecule has 2 aliphatic rings. The highest BCUT2D eigenvalue weighted by Gasteiger charge is 2.30. The summed E-state index contributed by atoms with van der Waals surface area (Å²) >= 11 is 0. The number of hydrogen-bond donors (Lipinski definition) is 0. The first-order valence-electron chi connectivity index (χ1n) is 14.4. The van der Waals surface area contributed by atoms with E-state index in [-0.39, 0.29) is 5.69 Å². The summed E-state index contributed by atoms with van der Waals surface area (Å²) in [6.45, 7) is 7.19. The van der Waals surface area contributed by atoms with Crippen molar-refractivity contribution < 1.29 is 19.1 Å². The summed E-state index contributed by atoms with van der Waals surface area (Å²) in [7, 11) is 3.26. The van der Waals surface area contributed by atoms with E-state index in [4.69, 9.17) is 24.2 Å². The van der Waals surface area contributed by atoms with E-state index in [1.54, 1.807) is 20.3 Å². The van der Waals surface area contributed by atoms with Crippen LogP contribution >= 0.6 is 0 Å². The van der Waals surface area contributed by atoms with Gasteiger partial charge in [-0.3, -0.25) is 10.1 Å². The summed E-state index contributed by atoms with van der Waals surface area (Å²) in [6.07, 6.45) is 2.22. The summed E-state index contributed by atoms with van der Waals surface area (Å²) in [5, 5.41) is 12.4. The second-order valence-corrected chi connectivity index (χ2v) is 10.1. The van der Waals surface area contributed by atoms with Crippen LogP contribution in [0.25, 0.3) is 10.9 Å². The molecule has 3 aromatic carbocycles. The van der Waals surface area contributed by atoms with Gasteiger partial charge in [0.05, 0.1) is 36.4 Å². The van der Waals surface area contributed by atoms with Crippen molar-refractivity contribution >= 4 is 28.1 Å². The van der Waals surface area contributed by atoms with E-state index in [0.29, 0.717) is 42.9 Å². The molecule has 1 saturated heterocycles. The van der Waals surface area contributed by atoms with Gasteiger partial charge in [0.25, 0.3) is 5.69 Å². The van der Waals surface area contributed by atoms with Crippen molar-refractivity contribution in [3.05, 3.63) is 82.2 Å². The number of aromatic nitrogens is 2. The van der Waals surface area contributed by atoms with Crippen molar-refractivity contribution in [3.8, 4) is 17.2 Å². The van der Waals surface area contributed by atoms with Crippen molar-refractivity contribution in [2.45, 2.75) is 39.2 Å². The number of nitrogens with zero attached hydrogens (tertiary/aromatic N) is 5. The lowest BCUT2D eigenvalue weighted by molar-refractivity contribution is -0.384. The second-order valence-electron chi connectivity index (χ2n) is 10.1. The van der Waals surface area contributed by atoms with Crippen LogP contribution in [0.1, 0.15) is 44.0 Å². The molecule has 2 fully saturated rings. The number of piperazine rings is 1. The molecule has 220 valence electrons. The normalized spacial score (nSPS) is 14.7. The average molecular weight is 572 g/mol. The standard InChI is InChI=1S/C30H31N5O5.C2H6/c1-38-27-17-23-24(18-28(27)39-2)31-29(21-8-9-21)32-30(23)34-14-12-33(13-15-34)25-11-10-22(35(36)37)16-26(25)40-19-20-6-4-3-5-7-20;1-2/h3-7,10-11,16-18,21H,8-9,12-15,19H2,1-2H3;1-2H3. The van der Waals surface area contributed by atoms with Crippen LogP contribution in [0.4, 0.5) is 17.2 Å². The number of hydrogen-bond acceptors (Lipinski definition) is 9. The Hall–Kier alpha value is -4.60. The molecule has 6 rings (SSSR count). The Morgan fingerprint density at radius 1 is 0.857 bits per heavy atom. The Balaban J connectivity index is 0.00000173. The Labute approximate surface area is 246 Å². The number of anilines is 2. The molecule has 0 amide bonds. The first-order chi connectivity index (χ1) is 20.5. The summed E-state index contributed by atoms with van der Waals surface area (Å²) in [5.41, 5.74) is 2.70. The van der Waals surface area contributed by atoms with Crippen molar-refractivity contribution in [1.82, 2.24) is 9.97 Å². The van der Waals surface area contributed by atoms with Crippen LogP contribution in [0.5, 0.6) is 17.2 Å². The summed E-state index contributed by atoms with van der Waals surface area (Å²) in [5.74, 6) is 3.98. The van der Waals surface area contributed by atoms with E-state index >= 15 is 0 Å². The molecule has 0 atom stereocenters. The Kier molecular flexibility index (Phi) is 8.90. The van der Waals surface area contributed by atoms with Gasteiger partial charge >= 0.3 is 0 Å². The fraction of sp³-hybridized carbons (Fsp3) is 0.375. The van der Waals surface area contributed by atoms with E-state index < -0.39 is 4.92 Å². The fourth-order valence-corrected chi connectivity index (χ4v) is 5.11. The highest BCUT2D eigenvalue weighted by atomic mass is 16.6. The maximum absolute atomic E-state index is 11.5. The topological polar surface area (TPSA) is 103 Å². The van der Waals surface area contributed by atoms with Crippen molar-refractivity contribution in [2.75, 3.05) is 50.2 Å². The third kappa shape index (κ3) is 6.17. The lowest BCUT2D eigenvalue weighted by Crippen LogP contribution is -2.47. The maximum Gasteiger partial charge on any atom is 0.273 e. The molecule has 0 unspecified atom stereocenters. The van der Waals surface area contributed by atoms with Crippen molar-refractivity contribution in [1.29, 1.82) is 0 Å². The third-order valence-corrected chi connectivity index (χ3v) is 7.45. The van der Waals surface area contributed by atoms with E-state index in [9.17, 15) is 10.1 Å².